The molecule has 1 atom stereocenters. The number of esters is 1. The number of halogens is 1. The fourth-order valence-electron chi connectivity index (χ4n) is 2.05. The Bertz CT molecular complexity index is 608. The maximum absolute atomic E-state index is 12.1. The van der Waals surface area contributed by atoms with E-state index >= 15 is 0 Å². The quantitative estimate of drug-likeness (QED) is 0.836. The average Bonchev–Trinajstić information content (AvgIpc) is 2.95. The average molecular weight is 352 g/mol. The van der Waals surface area contributed by atoms with Gasteiger partial charge in [0.25, 0.3) is 0 Å². The zero-order chi connectivity index (χ0) is 15.4. The molecule has 1 unspecified atom stereocenters. The van der Waals surface area contributed by atoms with Gasteiger partial charge in [0.05, 0.1) is 25.3 Å². The molecule has 0 bridgehead atoms. The van der Waals surface area contributed by atoms with Gasteiger partial charge in [0.1, 0.15) is 0 Å². The number of nitrogens with one attached hydrogen (secondary N) is 1. The molecule has 0 fully saturated rings. The first kappa shape index (κ1) is 15.6. The zero-order valence-corrected chi connectivity index (χ0v) is 13.8. The van der Waals surface area contributed by atoms with Crippen molar-refractivity contribution in [1.29, 1.82) is 0 Å². The standard InChI is InChI=1S/C15H18BrN3O2/c1-10(2)19-9-17-8-13(19)14(15(20)21-3)18-12-6-4-11(16)5-7-12/h4-10,14,18H,1-3H3. The van der Waals surface area contributed by atoms with Gasteiger partial charge in [-0.3, -0.25) is 0 Å². The summed E-state index contributed by atoms with van der Waals surface area (Å²) in [5.41, 5.74) is 1.62. The van der Waals surface area contributed by atoms with E-state index in [0.29, 0.717) is 0 Å². The summed E-state index contributed by atoms with van der Waals surface area (Å²) in [7, 11) is 1.38. The van der Waals surface area contributed by atoms with E-state index in [9.17, 15) is 4.79 Å². The van der Waals surface area contributed by atoms with Gasteiger partial charge in [0.15, 0.2) is 6.04 Å². The molecule has 0 amide bonds. The minimum absolute atomic E-state index is 0.210. The molecule has 2 rings (SSSR count). The maximum Gasteiger partial charge on any atom is 0.334 e. The number of methoxy groups -OCH3 is 1. The molecule has 0 aliphatic carbocycles. The number of carbonyl (C=O) groups excluding carboxylic acids is 1. The lowest BCUT2D eigenvalue weighted by atomic mass is 10.2. The van der Waals surface area contributed by atoms with Crippen molar-refractivity contribution in [2.24, 2.45) is 0 Å². The molecule has 0 radical (unpaired) electrons. The molecular weight excluding hydrogens is 334 g/mol. The van der Waals surface area contributed by atoms with E-state index in [1.807, 2.05) is 42.7 Å². The van der Waals surface area contributed by atoms with E-state index in [2.05, 4.69) is 26.2 Å². The molecular formula is C15H18BrN3O2. The van der Waals surface area contributed by atoms with Crippen LogP contribution < -0.4 is 5.32 Å². The number of carbonyl (C=O) groups is 1. The lowest BCUT2D eigenvalue weighted by Gasteiger charge is -2.21. The molecule has 0 aliphatic heterocycles. The highest BCUT2D eigenvalue weighted by Gasteiger charge is 2.25. The number of aromatic nitrogens is 2. The molecule has 6 heteroatoms. The highest BCUT2D eigenvalue weighted by Crippen LogP contribution is 2.24. The second kappa shape index (κ2) is 6.76. The van der Waals surface area contributed by atoms with Gasteiger partial charge in [-0.1, -0.05) is 15.9 Å². The highest BCUT2D eigenvalue weighted by molar-refractivity contribution is 9.10. The van der Waals surface area contributed by atoms with Crippen molar-refractivity contribution >= 4 is 27.6 Å². The van der Waals surface area contributed by atoms with Crippen LogP contribution in [0, 0.1) is 0 Å². The minimum atomic E-state index is -0.596. The number of anilines is 1. The molecule has 1 N–H and O–H groups in total. The van der Waals surface area contributed by atoms with E-state index in [0.717, 1.165) is 15.9 Å². The summed E-state index contributed by atoms with van der Waals surface area (Å²) >= 11 is 3.39. The van der Waals surface area contributed by atoms with E-state index in [4.69, 9.17) is 4.74 Å². The lowest BCUT2D eigenvalue weighted by molar-refractivity contribution is -0.141. The van der Waals surface area contributed by atoms with Gasteiger partial charge in [0.2, 0.25) is 0 Å². The van der Waals surface area contributed by atoms with E-state index in [1.54, 1.807) is 12.5 Å². The van der Waals surface area contributed by atoms with Crippen LogP contribution in [0.5, 0.6) is 0 Å². The molecule has 1 aromatic heterocycles. The monoisotopic (exact) mass is 351 g/mol. The first-order chi connectivity index (χ1) is 10.0. The molecule has 5 nitrogen and oxygen atoms in total. The van der Waals surface area contributed by atoms with Crippen molar-refractivity contribution in [3.63, 3.8) is 0 Å². The largest absolute Gasteiger partial charge is 0.467 e. The Morgan fingerprint density at radius 1 is 1.33 bits per heavy atom. The molecule has 0 saturated heterocycles. The third-order valence-electron chi connectivity index (χ3n) is 3.14. The van der Waals surface area contributed by atoms with Crippen LogP contribution in [0.4, 0.5) is 5.69 Å². The predicted octanol–water partition coefficient (Wildman–Crippen LogP) is 3.55. The van der Waals surface area contributed by atoms with Gasteiger partial charge in [0, 0.05) is 16.2 Å². The van der Waals surface area contributed by atoms with Gasteiger partial charge in [-0.15, -0.1) is 0 Å². The number of hydrogen-bond donors (Lipinski definition) is 1. The van der Waals surface area contributed by atoms with Crippen molar-refractivity contribution in [1.82, 2.24) is 9.55 Å². The summed E-state index contributed by atoms with van der Waals surface area (Å²) in [5.74, 6) is -0.347. The third-order valence-corrected chi connectivity index (χ3v) is 3.67. The summed E-state index contributed by atoms with van der Waals surface area (Å²) in [6, 6.07) is 7.24. The summed E-state index contributed by atoms with van der Waals surface area (Å²) in [6.07, 6.45) is 3.41. The van der Waals surface area contributed by atoms with E-state index < -0.39 is 6.04 Å². The van der Waals surface area contributed by atoms with Crippen molar-refractivity contribution in [3.05, 3.63) is 47.0 Å². The van der Waals surface area contributed by atoms with Crippen LogP contribution in [0.3, 0.4) is 0 Å². The van der Waals surface area contributed by atoms with E-state index in [1.165, 1.54) is 7.11 Å². The Hall–Kier alpha value is -1.82. The van der Waals surface area contributed by atoms with Gasteiger partial charge in [-0.05, 0) is 38.1 Å². The van der Waals surface area contributed by atoms with Crippen molar-refractivity contribution < 1.29 is 9.53 Å². The van der Waals surface area contributed by atoms with Crippen molar-refractivity contribution in [2.75, 3.05) is 12.4 Å². The minimum Gasteiger partial charge on any atom is -0.467 e. The van der Waals surface area contributed by atoms with Crippen molar-refractivity contribution in [3.8, 4) is 0 Å². The molecule has 0 saturated carbocycles. The Morgan fingerprint density at radius 2 is 2.00 bits per heavy atom. The Morgan fingerprint density at radius 3 is 2.57 bits per heavy atom. The maximum atomic E-state index is 12.1. The van der Waals surface area contributed by atoms with Crippen LogP contribution >= 0.6 is 15.9 Å². The van der Waals surface area contributed by atoms with Gasteiger partial charge in [-0.2, -0.15) is 0 Å². The number of hydrogen-bond acceptors (Lipinski definition) is 4. The smallest absolute Gasteiger partial charge is 0.334 e. The number of nitrogens with zero attached hydrogens (tertiary/aromatic N) is 2. The molecule has 112 valence electrons. The van der Waals surface area contributed by atoms with Gasteiger partial charge >= 0.3 is 5.97 Å². The molecule has 0 spiro atoms. The molecule has 2 aromatic rings. The third kappa shape index (κ3) is 3.64. The van der Waals surface area contributed by atoms with Crippen LogP contribution in [0.1, 0.15) is 31.6 Å². The molecule has 1 aromatic carbocycles. The van der Waals surface area contributed by atoms with Crippen LogP contribution in [0.15, 0.2) is 41.3 Å². The summed E-state index contributed by atoms with van der Waals surface area (Å²) in [6.45, 7) is 4.08. The fraction of sp³-hybridized carbons (Fsp3) is 0.333. The number of ether oxygens (including phenoxy) is 1. The van der Waals surface area contributed by atoms with Crippen LogP contribution in [-0.2, 0) is 9.53 Å². The number of benzene rings is 1. The Balaban J connectivity index is 2.32. The van der Waals surface area contributed by atoms with Crippen LogP contribution in [0.2, 0.25) is 0 Å². The number of imidazole rings is 1. The Kier molecular flexibility index (Phi) is 5.01. The predicted molar refractivity (Wildman–Crippen MR) is 85.1 cm³/mol. The van der Waals surface area contributed by atoms with Crippen LogP contribution in [0.25, 0.3) is 0 Å². The first-order valence-electron chi connectivity index (χ1n) is 6.64. The second-order valence-electron chi connectivity index (χ2n) is 4.93. The second-order valence-corrected chi connectivity index (χ2v) is 5.84. The normalized spacial score (nSPS) is 12.2. The summed E-state index contributed by atoms with van der Waals surface area (Å²) in [5, 5.41) is 3.20. The summed E-state index contributed by atoms with van der Waals surface area (Å²) < 4.78 is 7.85. The SMILES string of the molecule is COC(=O)C(Nc1ccc(Br)cc1)c1cncn1C(C)C. The van der Waals surface area contributed by atoms with Gasteiger partial charge < -0.3 is 14.6 Å². The van der Waals surface area contributed by atoms with Gasteiger partial charge in [-0.25, -0.2) is 9.78 Å². The lowest BCUT2D eigenvalue weighted by Crippen LogP contribution is -2.25. The van der Waals surface area contributed by atoms with E-state index in [-0.39, 0.29) is 12.0 Å². The van der Waals surface area contributed by atoms with Crippen molar-refractivity contribution in [2.45, 2.75) is 25.9 Å². The number of rotatable bonds is 5. The first-order valence-corrected chi connectivity index (χ1v) is 7.44. The van der Waals surface area contributed by atoms with Crippen LogP contribution in [-0.4, -0.2) is 22.6 Å². The summed E-state index contributed by atoms with van der Waals surface area (Å²) in [4.78, 5) is 16.3. The Labute approximate surface area is 132 Å². The highest BCUT2D eigenvalue weighted by atomic mass is 79.9. The fourth-order valence-corrected chi connectivity index (χ4v) is 2.32. The topological polar surface area (TPSA) is 56.1 Å². The molecule has 0 aliphatic rings. The molecule has 1 heterocycles. The zero-order valence-electron chi connectivity index (χ0n) is 12.2. The molecule has 21 heavy (non-hydrogen) atoms.